The number of hydrogen-bond donors (Lipinski definition) is 3. The van der Waals surface area contributed by atoms with E-state index in [0.717, 1.165) is 0 Å². The molecule has 1 aliphatic rings. The van der Waals surface area contributed by atoms with E-state index < -0.39 is 23.1 Å². The van der Waals surface area contributed by atoms with Crippen LogP contribution in [0.15, 0.2) is 42.3 Å². The number of nitrogens with zero attached hydrogens (tertiary/aromatic N) is 2. The van der Waals surface area contributed by atoms with Crippen LogP contribution in [-0.4, -0.2) is 57.6 Å². The van der Waals surface area contributed by atoms with E-state index >= 15 is 0 Å². The summed E-state index contributed by atoms with van der Waals surface area (Å²) in [5.74, 6) is -3.58. The number of hydrogen-bond acceptors (Lipinski definition) is 7. The molecule has 1 aromatic heterocycles. The lowest BCUT2D eigenvalue weighted by molar-refractivity contribution is -0.300. The third-order valence-electron chi connectivity index (χ3n) is 5.82. The summed E-state index contributed by atoms with van der Waals surface area (Å²) in [7, 11) is 2.90. The molecule has 0 spiro atoms. The number of rotatable bonds is 9. The molecule has 9 heteroatoms. The van der Waals surface area contributed by atoms with Crippen LogP contribution in [0, 0.1) is 5.82 Å². The fourth-order valence-electron chi connectivity index (χ4n) is 3.13. The van der Waals surface area contributed by atoms with Gasteiger partial charge in [0.05, 0.1) is 17.3 Å². The van der Waals surface area contributed by atoms with Crippen LogP contribution in [0.3, 0.4) is 0 Å². The van der Waals surface area contributed by atoms with Gasteiger partial charge >= 0.3 is 5.97 Å². The zero-order valence-electron chi connectivity index (χ0n) is 19.7. The van der Waals surface area contributed by atoms with Crippen LogP contribution in [0.25, 0.3) is 5.57 Å². The monoisotopic (exact) mass is 453 g/mol. The van der Waals surface area contributed by atoms with Crippen molar-refractivity contribution in [2.24, 2.45) is 0 Å². The van der Waals surface area contributed by atoms with Crippen molar-refractivity contribution < 1.29 is 28.5 Å². The van der Waals surface area contributed by atoms with Crippen molar-refractivity contribution in [3.8, 4) is 5.88 Å². The number of aliphatic hydroxyl groups is 2. The first-order valence-corrected chi connectivity index (χ1v) is 10.3. The fraction of sp³-hybridized carbons (Fsp3) is 0.522. The number of allylic oxidation sites excluding steroid dienone is 3. The molecule has 0 saturated heterocycles. The number of halogens is 2. The standard InChI is InChI=1S/C23H33F2N3O4/c1-9-14(12-18-19(23(29,30)31-8)17(10-2)27-28(18)7)15-11-16(24)20(26-13-15)32-22(5,6)21(3,4)25/h9,11-13,17,27,29-30H,1,10H2,2-8H3/b14-12+. The Balaban J connectivity index is 2.51. The van der Waals surface area contributed by atoms with Crippen LogP contribution in [0.1, 0.15) is 46.6 Å². The number of alkyl halides is 1. The minimum absolute atomic E-state index is 0.213. The highest BCUT2D eigenvalue weighted by Crippen LogP contribution is 2.34. The molecule has 2 heterocycles. The number of pyridine rings is 1. The molecule has 0 fully saturated rings. The second-order valence-electron chi connectivity index (χ2n) is 8.66. The Hall–Kier alpha value is -2.33. The molecule has 0 bridgehead atoms. The molecule has 1 aliphatic heterocycles. The van der Waals surface area contributed by atoms with Gasteiger partial charge in [-0.1, -0.05) is 19.6 Å². The highest BCUT2D eigenvalue weighted by molar-refractivity contribution is 5.75. The zero-order chi connectivity index (χ0) is 24.5. The van der Waals surface area contributed by atoms with Crippen molar-refractivity contribution in [1.82, 2.24) is 15.4 Å². The third kappa shape index (κ3) is 5.17. The van der Waals surface area contributed by atoms with Gasteiger partial charge in [0.2, 0.25) is 0 Å². The number of hydrazine groups is 1. The van der Waals surface area contributed by atoms with Gasteiger partial charge in [-0.25, -0.2) is 19.2 Å². The molecule has 0 aromatic carbocycles. The number of aromatic nitrogens is 1. The first-order chi connectivity index (χ1) is 14.7. The Morgan fingerprint density at radius 2 is 1.97 bits per heavy atom. The van der Waals surface area contributed by atoms with E-state index in [0.29, 0.717) is 23.3 Å². The van der Waals surface area contributed by atoms with Gasteiger partial charge in [0.25, 0.3) is 5.88 Å². The molecule has 3 N–H and O–H groups in total. The Morgan fingerprint density at radius 1 is 1.34 bits per heavy atom. The first-order valence-electron chi connectivity index (χ1n) is 10.3. The maximum atomic E-state index is 14.8. The minimum atomic E-state index is -2.50. The molecule has 7 nitrogen and oxygen atoms in total. The maximum Gasteiger partial charge on any atom is 0.306 e. The van der Waals surface area contributed by atoms with Crippen LogP contribution in [0.2, 0.25) is 0 Å². The number of methoxy groups -OCH3 is 1. The molecule has 0 aliphatic carbocycles. The molecule has 2 rings (SSSR count). The first kappa shape index (κ1) is 25.9. The van der Waals surface area contributed by atoms with Crippen LogP contribution in [-0.2, 0) is 4.74 Å². The molecular weight excluding hydrogens is 420 g/mol. The number of nitrogens with one attached hydrogen (secondary N) is 1. The molecule has 1 aromatic rings. The van der Waals surface area contributed by atoms with Crippen LogP contribution in [0.5, 0.6) is 5.88 Å². The highest BCUT2D eigenvalue weighted by atomic mass is 19.1. The van der Waals surface area contributed by atoms with Crippen LogP contribution in [0.4, 0.5) is 8.78 Å². The normalized spacial score (nSPS) is 18.4. The third-order valence-corrected chi connectivity index (χ3v) is 5.82. The molecule has 1 unspecified atom stereocenters. The lowest BCUT2D eigenvalue weighted by atomic mass is 9.91. The van der Waals surface area contributed by atoms with E-state index in [2.05, 4.69) is 17.0 Å². The van der Waals surface area contributed by atoms with Gasteiger partial charge in [-0.2, -0.15) is 0 Å². The van der Waals surface area contributed by atoms with Crippen LogP contribution < -0.4 is 10.2 Å². The predicted octanol–water partition coefficient (Wildman–Crippen LogP) is 3.46. The molecule has 0 amide bonds. The van der Waals surface area contributed by atoms with E-state index in [1.165, 1.54) is 53.1 Å². The lowest BCUT2D eigenvalue weighted by Crippen LogP contribution is -2.46. The highest BCUT2D eigenvalue weighted by Gasteiger charge is 2.42. The molecule has 178 valence electrons. The van der Waals surface area contributed by atoms with Crippen molar-refractivity contribution in [3.63, 3.8) is 0 Å². The second kappa shape index (κ2) is 9.27. The van der Waals surface area contributed by atoms with Crippen molar-refractivity contribution in [2.75, 3.05) is 14.2 Å². The van der Waals surface area contributed by atoms with Gasteiger partial charge in [-0.05, 0) is 51.8 Å². The Kier molecular flexibility index (Phi) is 7.51. The summed E-state index contributed by atoms with van der Waals surface area (Å²) in [5.41, 5.74) is 1.57. The number of ether oxygens (including phenoxy) is 2. The molecule has 1 atom stereocenters. The maximum absolute atomic E-state index is 14.8. The van der Waals surface area contributed by atoms with Gasteiger partial charge in [-0.15, -0.1) is 0 Å². The van der Waals surface area contributed by atoms with Crippen LogP contribution >= 0.6 is 0 Å². The summed E-state index contributed by atoms with van der Waals surface area (Å²) in [5, 5.41) is 22.3. The summed E-state index contributed by atoms with van der Waals surface area (Å²) in [6, 6.07) is 0.822. The molecule has 0 saturated carbocycles. The van der Waals surface area contributed by atoms with Gasteiger partial charge in [0.15, 0.2) is 5.82 Å². The van der Waals surface area contributed by atoms with Crippen molar-refractivity contribution in [3.05, 3.63) is 53.6 Å². The predicted molar refractivity (Wildman–Crippen MR) is 118 cm³/mol. The SMILES string of the molecule is C=C/C(=C\C1=C(C(O)(O)OC)C(CC)NN1C)c1cnc(OC(C)(C)C(C)(C)F)c(F)c1. The van der Waals surface area contributed by atoms with Crippen molar-refractivity contribution >= 4 is 5.57 Å². The lowest BCUT2D eigenvalue weighted by Gasteiger charge is -2.34. The quantitative estimate of drug-likeness (QED) is 0.390. The van der Waals surface area contributed by atoms with E-state index in [-0.39, 0.29) is 17.5 Å². The summed E-state index contributed by atoms with van der Waals surface area (Å²) >= 11 is 0. The summed E-state index contributed by atoms with van der Waals surface area (Å²) in [6.07, 6.45) is 5.06. The Morgan fingerprint density at radius 3 is 2.44 bits per heavy atom. The smallest absolute Gasteiger partial charge is 0.306 e. The second-order valence-corrected chi connectivity index (χ2v) is 8.66. The minimum Gasteiger partial charge on any atom is -0.466 e. The molecule has 0 radical (unpaired) electrons. The average Bonchev–Trinajstić information content (AvgIpc) is 3.02. The van der Waals surface area contributed by atoms with Gasteiger partial charge in [0, 0.05) is 25.9 Å². The zero-order valence-corrected chi connectivity index (χ0v) is 19.7. The van der Waals surface area contributed by atoms with Crippen molar-refractivity contribution in [2.45, 2.75) is 64.3 Å². The van der Waals surface area contributed by atoms with E-state index in [4.69, 9.17) is 9.47 Å². The summed E-state index contributed by atoms with van der Waals surface area (Å²) in [4.78, 5) is 4.03. The van der Waals surface area contributed by atoms with E-state index in [1.54, 1.807) is 18.1 Å². The van der Waals surface area contributed by atoms with Gasteiger partial charge in [-0.3, -0.25) is 0 Å². The van der Waals surface area contributed by atoms with Gasteiger partial charge < -0.3 is 24.7 Å². The largest absolute Gasteiger partial charge is 0.466 e. The van der Waals surface area contributed by atoms with Gasteiger partial charge in [0.1, 0.15) is 11.3 Å². The van der Waals surface area contributed by atoms with E-state index in [9.17, 15) is 19.0 Å². The van der Waals surface area contributed by atoms with E-state index in [1.807, 2.05) is 6.92 Å². The van der Waals surface area contributed by atoms with Crippen molar-refractivity contribution in [1.29, 1.82) is 0 Å². The summed E-state index contributed by atoms with van der Waals surface area (Å²) < 4.78 is 39.5. The average molecular weight is 454 g/mol. The summed E-state index contributed by atoms with van der Waals surface area (Å²) in [6.45, 7) is 11.4. The fourth-order valence-corrected chi connectivity index (χ4v) is 3.13. The topological polar surface area (TPSA) is 87.1 Å². The Labute approximate surface area is 188 Å². The molecule has 32 heavy (non-hydrogen) atoms. The molecular formula is C23H33F2N3O4. The Bertz CT molecular complexity index is 920. The number of likely N-dealkylation sites (N-methyl/N-ethyl adjacent to an activating group) is 1.